The molecule has 0 aliphatic carbocycles. The van der Waals surface area contributed by atoms with Crippen LogP contribution in [0.1, 0.15) is 5.56 Å². The van der Waals surface area contributed by atoms with Crippen LogP contribution in [0.25, 0.3) is 22.2 Å². The van der Waals surface area contributed by atoms with E-state index in [1.807, 2.05) is 0 Å². The van der Waals surface area contributed by atoms with E-state index < -0.39 is 11.1 Å². The van der Waals surface area contributed by atoms with Crippen molar-refractivity contribution in [3.8, 4) is 17.3 Å². The van der Waals surface area contributed by atoms with E-state index in [9.17, 15) is 9.59 Å². The number of hydrogen-bond acceptors (Lipinski definition) is 4. The molecule has 0 aliphatic heterocycles. The van der Waals surface area contributed by atoms with Crippen molar-refractivity contribution in [1.82, 2.24) is 15.2 Å². The largest absolute Gasteiger partial charge is 0.316 e. The summed E-state index contributed by atoms with van der Waals surface area (Å²) in [5, 5.41) is 16.2. The molecule has 0 saturated heterocycles. The second kappa shape index (κ2) is 4.89. The van der Waals surface area contributed by atoms with Crippen molar-refractivity contribution in [2.75, 3.05) is 0 Å². The Labute approximate surface area is 122 Å². The van der Waals surface area contributed by atoms with Gasteiger partial charge in [0.05, 0.1) is 0 Å². The van der Waals surface area contributed by atoms with Crippen molar-refractivity contribution in [3.63, 3.8) is 0 Å². The van der Waals surface area contributed by atoms with Gasteiger partial charge in [-0.25, -0.2) is 5.10 Å². The third-order valence-electron chi connectivity index (χ3n) is 3.03. The number of halogens is 1. The molecule has 2 aromatic heterocycles. The lowest BCUT2D eigenvalue weighted by molar-refractivity contribution is 1.01. The summed E-state index contributed by atoms with van der Waals surface area (Å²) in [7, 11) is 0. The number of rotatable bonds is 1. The maximum absolute atomic E-state index is 11.8. The quantitative estimate of drug-likeness (QED) is 0.715. The first-order valence-corrected chi connectivity index (χ1v) is 6.29. The number of nitriles is 1. The van der Waals surface area contributed by atoms with Crippen molar-refractivity contribution >= 4 is 22.5 Å². The Hall–Kier alpha value is -2.91. The van der Waals surface area contributed by atoms with Gasteiger partial charge < -0.3 is 4.98 Å². The van der Waals surface area contributed by atoms with Crippen LogP contribution < -0.4 is 11.1 Å². The lowest BCUT2D eigenvalue weighted by Crippen LogP contribution is -2.18. The molecule has 102 valence electrons. The number of nitrogens with zero attached hydrogens (tertiary/aromatic N) is 2. The van der Waals surface area contributed by atoms with Gasteiger partial charge in [0.2, 0.25) is 0 Å². The normalized spacial score (nSPS) is 10.5. The van der Waals surface area contributed by atoms with Crippen LogP contribution in [0.5, 0.6) is 0 Å². The van der Waals surface area contributed by atoms with Crippen LogP contribution in [-0.4, -0.2) is 15.2 Å². The lowest BCUT2D eigenvalue weighted by Gasteiger charge is -2.05. The van der Waals surface area contributed by atoms with E-state index in [2.05, 4.69) is 15.2 Å². The summed E-state index contributed by atoms with van der Waals surface area (Å²) in [6, 6.07) is 10.00. The predicted molar refractivity (Wildman–Crippen MR) is 78.1 cm³/mol. The van der Waals surface area contributed by atoms with Crippen molar-refractivity contribution in [2.45, 2.75) is 0 Å². The second-order valence-electron chi connectivity index (χ2n) is 4.32. The molecule has 0 spiro atoms. The van der Waals surface area contributed by atoms with Gasteiger partial charge in [0.25, 0.3) is 11.1 Å². The molecule has 0 aliphatic rings. The summed E-state index contributed by atoms with van der Waals surface area (Å²) >= 11 is 5.84. The second-order valence-corrected chi connectivity index (χ2v) is 4.76. The molecule has 0 radical (unpaired) electrons. The van der Waals surface area contributed by atoms with E-state index in [0.717, 1.165) is 0 Å². The monoisotopic (exact) mass is 298 g/mol. The summed E-state index contributed by atoms with van der Waals surface area (Å²) in [5.41, 5.74) is 0.0303. The molecule has 1 aromatic carbocycles. The SMILES string of the molecule is N#Cc1cc2c(-c3ccc(Cl)cc3)n[nH]c(=O)c2[nH]c1=O. The minimum atomic E-state index is -0.608. The molecule has 7 heteroatoms. The van der Waals surface area contributed by atoms with Gasteiger partial charge in [-0.1, -0.05) is 23.7 Å². The van der Waals surface area contributed by atoms with Crippen LogP contribution in [0.4, 0.5) is 0 Å². The first-order valence-electron chi connectivity index (χ1n) is 5.92. The Bertz CT molecular complexity index is 997. The summed E-state index contributed by atoms with van der Waals surface area (Å²) in [5.74, 6) is 0. The van der Waals surface area contributed by atoms with Gasteiger partial charge in [-0.2, -0.15) is 10.4 Å². The van der Waals surface area contributed by atoms with Crippen LogP contribution in [-0.2, 0) is 0 Å². The Morgan fingerprint density at radius 1 is 1.14 bits per heavy atom. The minimum Gasteiger partial charge on any atom is -0.316 e. The number of H-pyrrole nitrogens is 2. The first-order chi connectivity index (χ1) is 10.1. The number of benzene rings is 1. The maximum atomic E-state index is 11.8. The van der Waals surface area contributed by atoms with Crippen LogP contribution in [0.3, 0.4) is 0 Å². The highest BCUT2D eigenvalue weighted by atomic mass is 35.5. The maximum Gasteiger partial charge on any atom is 0.288 e. The van der Waals surface area contributed by atoms with Gasteiger partial charge in [0.15, 0.2) is 0 Å². The number of fused-ring (bicyclic) bond motifs is 1. The van der Waals surface area contributed by atoms with Gasteiger partial charge in [0, 0.05) is 16.0 Å². The van der Waals surface area contributed by atoms with Gasteiger partial charge >= 0.3 is 0 Å². The molecule has 3 aromatic rings. The smallest absolute Gasteiger partial charge is 0.288 e. The number of nitrogens with one attached hydrogen (secondary N) is 2. The van der Waals surface area contributed by atoms with Crippen molar-refractivity contribution < 1.29 is 0 Å². The molecule has 6 nitrogen and oxygen atoms in total. The standard InChI is InChI=1S/C14H7ClN4O2/c15-9-3-1-7(2-4-9)11-10-5-8(6-16)13(20)17-12(10)14(21)19-18-11/h1-5H,(H,17,20)(H,19,21). The summed E-state index contributed by atoms with van der Waals surface area (Å²) in [6.45, 7) is 0. The predicted octanol–water partition coefficient (Wildman–Crippen LogP) is 1.80. The van der Waals surface area contributed by atoms with E-state index in [4.69, 9.17) is 16.9 Å². The summed E-state index contributed by atoms with van der Waals surface area (Å²) in [6.07, 6.45) is 0. The molecule has 21 heavy (non-hydrogen) atoms. The molecule has 0 saturated carbocycles. The zero-order valence-electron chi connectivity index (χ0n) is 10.5. The third-order valence-corrected chi connectivity index (χ3v) is 3.28. The molecule has 0 fully saturated rings. The topological polar surface area (TPSA) is 102 Å². The molecule has 0 atom stereocenters. The van der Waals surface area contributed by atoms with Gasteiger partial charge in [-0.15, -0.1) is 0 Å². The van der Waals surface area contributed by atoms with E-state index in [-0.39, 0.29) is 11.1 Å². The molecule has 0 unspecified atom stereocenters. The lowest BCUT2D eigenvalue weighted by atomic mass is 10.1. The van der Waals surface area contributed by atoms with Crippen molar-refractivity contribution in [1.29, 1.82) is 5.26 Å². The number of aromatic nitrogens is 3. The zero-order chi connectivity index (χ0) is 15.0. The van der Waals surface area contributed by atoms with E-state index in [1.54, 1.807) is 30.3 Å². The highest BCUT2D eigenvalue weighted by Gasteiger charge is 2.12. The van der Waals surface area contributed by atoms with Gasteiger partial charge in [-0.3, -0.25) is 9.59 Å². The van der Waals surface area contributed by atoms with Crippen LogP contribution in [0.15, 0.2) is 39.9 Å². The fourth-order valence-corrected chi connectivity index (χ4v) is 2.16. The molecular formula is C14H7ClN4O2. The third kappa shape index (κ3) is 2.20. The van der Waals surface area contributed by atoms with Crippen molar-refractivity contribution in [2.24, 2.45) is 0 Å². The van der Waals surface area contributed by atoms with Crippen LogP contribution >= 0.6 is 11.6 Å². The van der Waals surface area contributed by atoms with Crippen molar-refractivity contribution in [3.05, 3.63) is 61.6 Å². The Kier molecular flexibility index (Phi) is 3.05. The first kappa shape index (κ1) is 13.1. The van der Waals surface area contributed by atoms with E-state index >= 15 is 0 Å². The Morgan fingerprint density at radius 3 is 2.52 bits per heavy atom. The van der Waals surface area contributed by atoms with E-state index in [0.29, 0.717) is 21.7 Å². The average Bonchev–Trinajstić information content (AvgIpc) is 2.49. The molecule has 0 bridgehead atoms. The summed E-state index contributed by atoms with van der Waals surface area (Å²) in [4.78, 5) is 25.8. The Balaban J connectivity index is 2.41. The van der Waals surface area contributed by atoms with Crippen LogP contribution in [0.2, 0.25) is 5.02 Å². The van der Waals surface area contributed by atoms with Crippen LogP contribution in [0, 0.1) is 11.3 Å². The van der Waals surface area contributed by atoms with Gasteiger partial charge in [-0.05, 0) is 18.2 Å². The highest BCUT2D eigenvalue weighted by molar-refractivity contribution is 6.30. The molecule has 0 amide bonds. The molecule has 2 heterocycles. The fraction of sp³-hybridized carbons (Fsp3) is 0. The highest BCUT2D eigenvalue weighted by Crippen LogP contribution is 2.24. The summed E-state index contributed by atoms with van der Waals surface area (Å²) < 4.78 is 0. The van der Waals surface area contributed by atoms with E-state index in [1.165, 1.54) is 6.07 Å². The van der Waals surface area contributed by atoms with Gasteiger partial charge in [0.1, 0.15) is 22.8 Å². The fourth-order valence-electron chi connectivity index (χ4n) is 2.03. The Morgan fingerprint density at radius 2 is 1.86 bits per heavy atom. The number of aromatic amines is 2. The number of hydrogen-bond donors (Lipinski definition) is 2. The average molecular weight is 299 g/mol. The molecule has 3 rings (SSSR count). The molecular weight excluding hydrogens is 292 g/mol. The molecule has 2 N–H and O–H groups in total. The zero-order valence-corrected chi connectivity index (χ0v) is 11.2. The minimum absolute atomic E-state index is 0.0786. The number of pyridine rings is 1.